The molecule has 9 aromatic carbocycles. The summed E-state index contributed by atoms with van der Waals surface area (Å²) in [6.45, 7) is 0. The van der Waals surface area contributed by atoms with Gasteiger partial charge in [0.25, 0.3) is 0 Å². The van der Waals surface area contributed by atoms with Gasteiger partial charge in [-0.1, -0.05) is 140 Å². The molecule has 0 saturated carbocycles. The van der Waals surface area contributed by atoms with Crippen molar-refractivity contribution < 1.29 is 0 Å². The van der Waals surface area contributed by atoms with Crippen LogP contribution in [0.25, 0.3) is 110 Å². The molecule has 1 aliphatic rings. The van der Waals surface area contributed by atoms with Crippen molar-refractivity contribution in [2.24, 2.45) is 0 Å². The molecule has 3 heteroatoms. The molecule has 0 unspecified atom stereocenters. The van der Waals surface area contributed by atoms with Crippen molar-refractivity contribution in [3.8, 4) is 39.4 Å². The van der Waals surface area contributed by atoms with Gasteiger partial charge in [0, 0.05) is 17.2 Å². The zero-order valence-corrected chi connectivity index (χ0v) is 31.4. The number of imidazole rings is 1. The minimum absolute atomic E-state index is 0.636. The average molecular weight is 736 g/mol. The average Bonchev–Trinajstić information content (AvgIpc) is 3.49. The van der Waals surface area contributed by atoms with Crippen molar-refractivity contribution in [2.45, 2.75) is 6.42 Å². The summed E-state index contributed by atoms with van der Waals surface area (Å²) in [5.41, 5.74) is 11.8. The molecule has 0 aliphatic heterocycles. The van der Waals surface area contributed by atoms with Crippen LogP contribution in [0.15, 0.2) is 182 Å². The summed E-state index contributed by atoms with van der Waals surface area (Å²) in [6.07, 6.45) is 9.16. The number of benzene rings is 9. The molecule has 12 rings (SSSR count). The molecule has 0 saturated heterocycles. The normalized spacial score (nSPS) is 12.6. The first-order chi connectivity index (χ1) is 28.7. The number of fused-ring (bicyclic) bond motifs is 12. The molecule has 0 amide bonds. The second-order valence-corrected chi connectivity index (χ2v) is 15.4. The molecule has 0 bridgehead atoms. The maximum absolute atomic E-state index is 9.96. The highest BCUT2D eigenvalue weighted by molar-refractivity contribution is 6.23. The van der Waals surface area contributed by atoms with E-state index < -0.39 is 0 Å². The number of nitriles is 1. The van der Waals surface area contributed by atoms with E-state index in [9.17, 15) is 5.26 Å². The van der Waals surface area contributed by atoms with E-state index >= 15 is 0 Å². The van der Waals surface area contributed by atoms with Crippen LogP contribution in [-0.2, 0) is 6.42 Å². The van der Waals surface area contributed by atoms with Crippen LogP contribution >= 0.6 is 0 Å². The van der Waals surface area contributed by atoms with Gasteiger partial charge in [-0.3, -0.25) is 4.40 Å². The molecule has 0 atom stereocenters. The zero-order chi connectivity index (χ0) is 38.3. The predicted molar refractivity (Wildman–Crippen MR) is 243 cm³/mol. The third kappa shape index (κ3) is 4.89. The number of rotatable bonds is 3. The lowest BCUT2D eigenvalue weighted by Gasteiger charge is -2.19. The van der Waals surface area contributed by atoms with E-state index in [1.165, 1.54) is 65.3 Å². The van der Waals surface area contributed by atoms with Gasteiger partial charge in [0.2, 0.25) is 0 Å². The Kier molecular flexibility index (Phi) is 7.05. The van der Waals surface area contributed by atoms with Gasteiger partial charge in [-0.25, -0.2) is 4.98 Å². The summed E-state index contributed by atoms with van der Waals surface area (Å²) in [6, 6.07) is 62.1. The number of hydrogen-bond acceptors (Lipinski definition) is 2. The Balaban J connectivity index is 1.15. The Bertz CT molecular complexity index is 3670. The van der Waals surface area contributed by atoms with Crippen LogP contribution < -0.4 is 0 Å². The van der Waals surface area contributed by atoms with Crippen molar-refractivity contribution in [1.29, 1.82) is 5.26 Å². The third-order valence-electron chi connectivity index (χ3n) is 12.2. The molecule has 0 spiro atoms. The fourth-order valence-corrected chi connectivity index (χ4v) is 9.47. The van der Waals surface area contributed by atoms with Crippen LogP contribution in [0, 0.1) is 11.3 Å². The summed E-state index contributed by atoms with van der Waals surface area (Å²) in [4.78, 5) is 5.20. The Hall–Kier alpha value is -7.80. The Labute approximate surface area is 334 Å². The maximum atomic E-state index is 9.96. The fraction of sp³-hybridized carbons (Fsp3) is 0.0182. The first-order valence-electron chi connectivity index (χ1n) is 19.8. The molecule has 0 radical (unpaired) electrons. The summed E-state index contributed by atoms with van der Waals surface area (Å²) in [5, 5.41) is 23.1. The number of allylic oxidation sites excluding steroid dienone is 3. The first-order valence-corrected chi connectivity index (χ1v) is 19.8. The number of aromatic nitrogens is 2. The lowest BCUT2D eigenvalue weighted by atomic mass is 9.84. The summed E-state index contributed by atoms with van der Waals surface area (Å²) < 4.78 is 2.26. The van der Waals surface area contributed by atoms with E-state index in [0.717, 1.165) is 56.3 Å². The molecule has 2 aromatic heterocycles. The van der Waals surface area contributed by atoms with Crippen LogP contribution in [0.3, 0.4) is 0 Å². The second kappa shape index (κ2) is 12.6. The summed E-state index contributed by atoms with van der Waals surface area (Å²) in [7, 11) is 0. The molecular formula is C55H33N3. The van der Waals surface area contributed by atoms with Gasteiger partial charge in [-0.2, -0.15) is 5.26 Å². The Morgan fingerprint density at radius 3 is 1.72 bits per heavy atom. The summed E-state index contributed by atoms with van der Waals surface area (Å²) in [5.74, 6) is 0. The standard InChI is InChI=1S/C55H33N3/c56-33-34-18-25-43-48-31-39(24-27-47(48)55-57-50-16-2-1-3-17-51(50)58(55)52(43)28-34)40-23-26-46-49(32-40)54(42-22-20-36-11-5-7-13-38(36)30-42)45-15-9-8-14-44(45)53(46)41-21-19-35-10-4-6-12-37(35)29-41/h1-16,18-32H,17H2. The van der Waals surface area contributed by atoms with Crippen LogP contribution in [0.1, 0.15) is 17.0 Å². The highest BCUT2D eigenvalue weighted by Crippen LogP contribution is 2.46. The van der Waals surface area contributed by atoms with Crippen LogP contribution in [0.5, 0.6) is 0 Å². The van der Waals surface area contributed by atoms with Crippen molar-refractivity contribution in [3.05, 3.63) is 199 Å². The van der Waals surface area contributed by atoms with E-state index in [4.69, 9.17) is 4.98 Å². The fourth-order valence-electron chi connectivity index (χ4n) is 9.47. The lowest BCUT2D eigenvalue weighted by molar-refractivity contribution is 1.09. The van der Waals surface area contributed by atoms with Crippen molar-refractivity contribution in [2.75, 3.05) is 0 Å². The molecule has 268 valence electrons. The highest BCUT2D eigenvalue weighted by Gasteiger charge is 2.21. The van der Waals surface area contributed by atoms with E-state index in [1.807, 2.05) is 12.1 Å². The molecule has 0 fully saturated rings. The highest BCUT2D eigenvalue weighted by atomic mass is 15.0. The lowest BCUT2D eigenvalue weighted by Crippen LogP contribution is -1.97. The maximum Gasteiger partial charge on any atom is 0.146 e. The minimum atomic E-state index is 0.636. The zero-order valence-electron chi connectivity index (χ0n) is 31.4. The number of pyridine rings is 1. The van der Waals surface area contributed by atoms with Gasteiger partial charge >= 0.3 is 0 Å². The van der Waals surface area contributed by atoms with Crippen LogP contribution in [-0.4, -0.2) is 9.38 Å². The predicted octanol–water partition coefficient (Wildman–Crippen LogP) is 14.3. The van der Waals surface area contributed by atoms with Crippen molar-refractivity contribution >= 4 is 76.5 Å². The number of nitrogens with zero attached hydrogens (tertiary/aromatic N) is 3. The Morgan fingerprint density at radius 2 is 1.03 bits per heavy atom. The molecule has 2 heterocycles. The van der Waals surface area contributed by atoms with E-state index in [1.54, 1.807) is 0 Å². The van der Waals surface area contributed by atoms with Gasteiger partial charge in [-0.15, -0.1) is 0 Å². The molecule has 1 aliphatic carbocycles. The largest absolute Gasteiger partial charge is 0.295 e. The first kappa shape index (κ1) is 32.4. The monoisotopic (exact) mass is 735 g/mol. The van der Waals surface area contributed by atoms with Crippen LogP contribution in [0.4, 0.5) is 0 Å². The SMILES string of the molecule is N#Cc1ccc2c3cc(-c4ccc5c(-c6ccc7ccccc7c6)c6ccccc6c(-c6ccc7ccccc7c6)c5c4)ccc3c3nc4c(n3c2c1)CC=CC=C4. The smallest absolute Gasteiger partial charge is 0.146 e. The Morgan fingerprint density at radius 1 is 0.466 bits per heavy atom. The second-order valence-electron chi connectivity index (χ2n) is 15.4. The van der Waals surface area contributed by atoms with Crippen molar-refractivity contribution in [1.82, 2.24) is 9.38 Å². The topological polar surface area (TPSA) is 41.1 Å². The minimum Gasteiger partial charge on any atom is -0.295 e. The van der Waals surface area contributed by atoms with Gasteiger partial charge in [0.05, 0.1) is 28.5 Å². The van der Waals surface area contributed by atoms with Gasteiger partial charge in [0.1, 0.15) is 5.65 Å². The van der Waals surface area contributed by atoms with Gasteiger partial charge in [0.15, 0.2) is 0 Å². The van der Waals surface area contributed by atoms with E-state index in [2.05, 4.69) is 186 Å². The third-order valence-corrected chi connectivity index (χ3v) is 12.2. The summed E-state index contributed by atoms with van der Waals surface area (Å²) >= 11 is 0. The van der Waals surface area contributed by atoms with Gasteiger partial charge in [-0.05, 0) is 130 Å². The number of hydrogen-bond donors (Lipinski definition) is 0. The molecule has 11 aromatic rings. The molecule has 58 heavy (non-hydrogen) atoms. The van der Waals surface area contributed by atoms with Crippen molar-refractivity contribution in [3.63, 3.8) is 0 Å². The van der Waals surface area contributed by atoms with E-state index in [-0.39, 0.29) is 0 Å². The van der Waals surface area contributed by atoms with Gasteiger partial charge < -0.3 is 0 Å². The quantitative estimate of drug-likeness (QED) is 0.134. The molecule has 0 N–H and O–H groups in total. The molecular weight excluding hydrogens is 703 g/mol. The van der Waals surface area contributed by atoms with E-state index in [0.29, 0.717) is 5.56 Å². The molecule has 3 nitrogen and oxygen atoms in total. The van der Waals surface area contributed by atoms with Crippen LogP contribution in [0.2, 0.25) is 0 Å².